The number of imidazole rings is 1. The molecule has 3 rings (SSSR count). The molecule has 1 aliphatic rings. The summed E-state index contributed by atoms with van der Waals surface area (Å²) in [6.45, 7) is 2.88. The van der Waals surface area contributed by atoms with Crippen LogP contribution in [0.4, 0.5) is 5.95 Å². The molecule has 0 aliphatic heterocycles. The Kier molecular flexibility index (Phi) is 2.77. The van der Waals surface area contributed by atoms with Crippen LogP contribution in [0.3, 0.4) is 0 Å². The van der Waals surface area contributed by atoms with E-state index in [1.165, 1.54) is 12.8 Å². The molecule has 96 valence electrons. The van der Waals surface area contributed by atoms with Crippen LogP contribution in [0.15, 0.2) is 12.5 Å². The van der Waals surface area contributed by atoms with Crippen molar-refractivity contribution in [3.05, 3.63) is 24.0 Å². The molecule has 0 spiro atoms. The van der Waals surface area contributed by atoms with Crippen LogP contribution in [0.2, 0.25) is 0 Å². The van der Waals surface area contributed by atoms with E-state index in [2.05, 4.69) is 31.1 Å². The summed E-state index contributed by atoms with van der Waals surface area (Å²) in [7, 11) is 1.89. The second kappa shape index (κ2) is 4.44. The third kappa shape index (κ3) is 2.52. The quantitative estimate of drug-likeness (QED) is 0.859. The second-order valence-corrected chi connectivity index (χ2v) is 4.90. The smallest absolute Gasteiger partial charge is 0.203 e. The van der Waals surface area contributed by atoms with Crippen LogP contribution in [0.1, 0.15) is 24.4 Å². The zero-order valence-corrected chi connectivity index (χ0v) is 10.8. The van der Waals surface area contributed by atoms with E-state index in [1.54, 1.807) is 11.0 Å². The molecule has 2 heterocycles. The van der Waals surface area contributed by atoms with Crippen LogP contribution >= 0.6 is 0 Å². The van der Waals surface area contributed by atoms with E-state index in [1.807, 2.05) is 14.0 Å². The normalized spacial score (nSPS) is 15.0. The number of rotatable bonds is 5. The molecule has 6 nitrogen and oxygen atoms in total. The van der Waals surface area contributed by atoms with E-state index in [0.29, 0.717) is 6.04 Å². The van der Waals surface area contributed by atoms with Gasteiger partial charge in [-0.15, -0.1) is 0 Å². The Morgan fingerprint density at radius 1 is 1.44 bits per heavy atom. The molecule has 2 aromatic rings. The molecule has 0 unspecified atom stereocenters. The summed E-state index contributed by atoms with van der Waals surface area (Å²) in [5.41, 5.74) is 1.05. The molecule has 0 bridgehead atoms. The summed E-state index contributed by atoms with van der Waals surface area (Å²) in [4.78, 5) is 8.75. The molecule has 0 aromatic carbocycles. The zero-order chi connectivity index (χ0) is 12.5. The van der Waals surface area contributed by atoms with Gasteiger partial charge in [0.25, 0.3) is 0 Å². The minimum atomic E-state index is 0.624. The van der Waals surface area contributed by atoms with Gasteiger partial charge in [0.1, 0.15) is 6.33 Å². The molecular weight excluding hydrogens is 228 g/mol. The Bertz CT molecular complexity index is 537. The van der Waals surface area contributed by atoms with Crippen molar-refractivity contribution in [2.75, 3.05) is 5.32 Å². The van der Waals surface area contributed by atoms with Crippen molar-refractivity contribution in [2.24, 2.45) is 7.05 Å². The lowest BCUT2D eigenvalue weighted by Crippen LogP contribution is -2.10. The molecule has 1 N–H and O–H groups in total. The van der Waals surface area contributed by atoms with Gasteiger partial charge < -0.3 is 9.88 Å². The number of nitrogens with one attached hydrogen (secondary N) is 1. The van der Waals surface area contributed by atoms with Crippen molar-refractivity contribution >= 4 is 5.95 Å². The van der Waals surface area contributed by atoms with E-state index >= 15 is 0 Å². The molecular formula is C12H18N6. The predicted octanol–water partition coefficient (Wildman–Crippen LogP) is 1.14. The van der Waals surface area contributed by atoms with Crippen molar-refractivity contribution < 1.29 is 0 Å². The lowest BCUT2D eigenvalue weighted by atomic mass is 10.4. The lowest BCUT2D eigenvalue weighted by molar-refractivity contribution is 0.661. The Balaban J connectivity index is 1.67. The van der Waals surface area contributed by atoms with Gasteiger partial charge in [0.15, 0.2) is 5.82 Å². The van der Waals surface area contributed by atoms with Gasteiger partial charge in [0.05, 0.1) is 5.69 Å². The van der Waals surface area contributed by atoms with Crippen molar-refractivity contribution in [2.45, 2.75) is 38.8 Å². The Morgan fingerprint density at radius 2 is 2.28 bits per heavy atom. The molecule has 1 fully saturated rings. The number of anilines is 1. The molecule has 0 radical (unpaired) electrons. The van der Waals surface area contributed by atoms with Gasteiger partial charge in [0, 0.05) is 32.3 Å². The van der Waals surface area contributed by atoms with Crippen molar-refractivity contribution in [3.8, 4) is 0 Å². The molecule has 1 aliphatic carbocycles. The van der Waals surface area contributed by atoms with Crippen molar-refractivity contribution in [1.29, 1.82) is 0 Å². The van der Waals surface area contributed by atoms with Crippen LogP contribution in [0, 0.1) is 6.92 Å². The minimum absolute atomic E-state index is 0.624. The van der Waals surface area contributed by atoms with Gasteiger partial charge in [-0.3, -0.25) is 4.68 Å². The molecule has 0 saturated heterocycles. The van der Waals surface area contributed by atoms with Crippen LogP contribution < -0.4 is 5.32 Å². The number of aryl methyl sites for hydroxylation is 4. The first-order valence-electron chi connectivity index (χ1n) is 6.35. The molecule has 1 saturated carbocycles. The average Bonchev–Trinajstić information content (AvgIpc) is 2.93. The molecule has 18 heavy (non-hydrogen) atoms. The van der Waals surface area contributed by atoms with E-state index in [-0.39, 0.29) is 0 Å². The first-order chi connectivity index (χ1) is 8.70. The van der Waals surface area contributed by atoms with Gasteiger partial charge in [0.2, 0.25) is 5.95 Å². The maximum absolute atomic E-state index is 4.51. The maximum Gasteiger partial charge on any atom is 0.203 e. The Hall–Kier alpha value is -1.85. The van der Waals surface area contributed by atoms with Crippen LogP contribution in [-0.2, 0) is 20.0 Å². The number of nitrogens with zero attached hydrogens (tertiary/aromatic N) is 5. The highest BCUT2D eigenvalue weighted by molar-refractivity contribution is 5.32. The topological polar surface area (TPSA) is 60.6 Å². The number of aromatic nitrogens is 5. The summed E-state index contributed by atoms with van der Waals surface area (Å²) < 4.78 is 3.89. The van der Waals surface area contributed by atoms with Crippen molar-refractivity contribution in [1.82, 2.24) is 24.3 Å². The third-order valence-corrected chi connectivity index (χ3v) is 3.03. The number of hydrogen-bond donors (Lipinski definition) is 1. The van der Waals surface area contributed by atoms with E-state index in [4.69, 9.17) is 0 Å². The molecule has 0 amide bonds. The minimum Gasteiger partial charge on any atom is -0.353 e. The van der Waals surface area contributed by atoms with Gasteiger partial charge in [-0.1, -0.05) is 0 Å². The van der Waals surface area contributed by atoms with E-state index < -0.39 is 0 Å². The summed E-state index contributed by atoms with van der Waals surface area (Å²) in [6, 6.07) is 0.624. The molecule has 2 aromatic heterocycles. The van der Waals surface area contributed by atoms with Gasteiger partial charge in [-0.05, 0) is 19.8 Å². The van der Waals surface area contributed by atoms with Crippen LogP contribution in [-0.4, -0.2) is 30.4 Å². The number of hydrogen-bond acceptors (Lipinski definition) is 4. The Labute approximate surface area is 106 Å². The van der Waals surface area contributed by atoms with E-state index in [0.717, 1.165) is 30.4 Å². The Morgan fingerprint density at radius 3 is 2.94 bits per heavy atom. The average molecular weight is 246 g/mol. The monoisotopic (exact) mass is 246 g/mol. The highest BCUT2D eigenvalue weighted by Gasteiger charge is 2.22. The lowest BCUT2D eigenvalue weighted by Gasteiger charge is -2.07. The zero-order valence-electron chi connectivity index (χ0n) is 10.8. The van der Waals surface area contributed by atoms with Gasteiger partial charge in [-0.2, -0.15) is 5.10 Å². The van der Waals surface area contributed by atoms with Gasteiger partial charge in [-0.25, -0.2) is 9.97 Å². The highest BCUT2D eigenvalue weighted by atomic mass is 15.3. The van der Waals surface area contributed by atoms with Crippen LogP contribution in [0.25, 0.3) is 0 Å². The first-order valence-corrected chi connectivity index (χ1v) is 6.35. The fraction of sp³-hybridized carbons (Fsp3) is 0.583. The third-order valence-electron chi connectivity index (χ3n) is 3.03. The summed E-state index contributed by atoms with van der Waals surface area (Å²) in [5, 5.41) is 7.74. The molecule has 0 atom stereocenters. The largest absolute Gasteiger partial charge is 0.353 e. The maximum atomic E-state index is 4.51. The van der Waals surface area contributed by atoms with Gasteiger partial charge >= 0.3 is 0 Å². The standard InChI is InChI=1S/C12H18N6/c1-9-7-18(12(14-9)15-10-3-4-10)6-5-11-13-8-17(2)16-11/h7-8,10H,3-6H2,1-2H3,(H,14,15). The fourth-order valence-corrected chi connectivity index (χ4v) is 1.96. The summed E-state index contributed by atoms with van der Waals surface area (Å²) >= 11 is 0. The summed E-state index contributed by atoms with van der Waals surface area (Å²) in [5.74, 6) is 1.85. The fourth-order valence-electron chi connectivity index (χ4n) is 1.96. The SMILES string of the molecule is Cc1cn(CCc2ncn(C)n2)c(NC2CC2)n1. The predicted molar refractivity (Wildman–Crippen MR) is 68.3 cm³/mol. The highest BCUT2D eigenvalue weighted by Crippen LogP contribution is 2.24. The molecule has 6 heteroatoms. The van der Waals surface area contributed by atoms with Crippen LogP contribution in [0.5, 0.6) is 0 Å². The summed E-state index contributed by atoms with van der Waals surface area (Å²) in [6.07, 6.45) is 7.16. The van der Waals surface area contributed by atoms with Crippen molar-refractivity contribution in [3.63, 3.8) is 0 Å². The second-order valence-electron chi connectivity index (χ2n) is 4.90. The first kappa shape index (κ1) is 11.3. The van der Waals surface area contributed by atoms with E-state index in [9.17, 15) is 0 Å².